The number of hydrogen-bond acceptors (Lipinski definition) is 7. The Bertz CT molecular complexity index is 946. The summed E-state index contributed by atoms with van der Waals surface area (Å²) in [4.78, 5) is 21.4. The van der Waals surface area contributed by atoms with Crippen LogP contribution in [0.3, 0.4) is 0 Å². The molecule has 0 unspecified atom stereocenters. The molecular formula is C19H20ClN5O2S. The van der Waals surface area contributed by atoms with Crippen molar-refractivity contribution in [3.05, 3.63) is 57.4 Å². The minimum atomic E-state index is -0.147. The largest absolute Gasteiger partial charge is 0.497 e. The van der Waals surface area contributed by atoms with Gasteiger partial charge in [0.05, 0.1) is 16.3 Å². The first kappa shape index (κ1) is 19.9. The SMILES string of the molecule is COc1ccc(Nc2cc(C)nc(NCCNC(=O)c3ccc(Cl)s3)n2)cc1. The van der Waals surface area contributed by atoms with Crippen LogP contribution in [0.1, 0.15) is 15.4 Å². The summed E-state index contributed by atoms with van der Waals surface area (Å²) in [6.07, 6.45) is 0. The van der Waals surface area contributed by atoms with Gasteiger partial charge in [-0.3, -0.25) is 4.79 Å². The number of nitrogens with zero attached hydrogens (tertiary/aromatic N) is 2. The van der Waals surface area contributed by atoms with Crippen molar-refractivity contribution in [2.45, 2.75) is 6.92 Å². The minimum Gasteiger partial charge on any atom is -0.497 e. The first-order valence-electron chi connectivity index (χ1n) is 8.57. The second kappa shape index (κ2) is 9.38. The lowest BCUT2D eigenvalue weighted by atomic mass is 10.3. The normalized spacial score (nSPS) is 10.4. The zero-order valence-corrected chi connectivity index (χ0v) is 17.0. The Morgan fingerprint density at radius 3 is 2.61 bits per heavy atom. The fraction of sp³-hybridized carbons (Fsp3) is 0.211. The number of amides is 1. The van der Waals surface area contributed by atoms with Crippen LogP contribution in [0.25, 0.3) is 0 Å². The zero-order valence-electron chi connectivity index (χ0n) is 15.5. The van der Waals surface area contributed by atoms with E-state index in [0.29, 0.717) is 34.1 Å². The highest BCUT2D eigenvalue weighted by Gasteiger charge is 2.08. The molecule has 0 fully saturated rings. The molecule has 2 heterocycles. The fourth-order valence-corrected chi connectivity index (χ4v) is 3.37. The molecule has 28 heavy (non-hydrogen) atoms. The van der Waals surface area contributed by atoms with Crippen LogP contribution in [0.15, 0.2) is 42.5 Å². The summed E-state index contributed by atoms with van der Waals surface area (Å²) in [7, 11) is 1.63. The molecule has 3 rings (SSSR count). The van der Waals surface area contributed by atoms with Gasteiger partial charge in [-0.2, -0.15) is 4.98 Å². The van der Waals surface area contributed by atoms with Gasteiger partial charge in [0.15, 0.2) is 0 Å². The van der Waals surface area contributed by atoms with E-state index in [1.165, 1.54) is 11.3 Å². The first-order chi connectivity index (χ1) is 13.5. The highest BCUT2D eigenvalue weighted by atomic mass is 35.5. The summed E-state index contributed by atoms with van der Waals surface area (Å²) in [6.45, 7) is 2.83. The molecule has 3 N–H and O–H groups in total. The lowest BCUT2D eigenvalue weighted by Gasteiger charge is -2.11. The summed E-state index contributed by atoms with van der Waals surface area (Å²) >= 11 is 7.10. The third-order valence-electron chi connectivity index (χ3n) is 3.71. The van der Waals surface area contributed by atoms with Crippen molar-refractivity contribution >= 4 is 46.3 Å². The number of thiophene rings is 1. The van der Waals surface area contributed by atoms with Crippen LogP contribution in [0, 0.1) is 6.92 Å². The van der Waals surface area contributed by atoms with E-state index in [4.69, 9.17) is 16.3 Å². The summed E-state index contributed by atoms with van der Waals surface area (Å²) in [6, 6.07) is 12.8. The van der Waals surface area contributed by atoms with Gasteiger partial charge >= 0.3 is 0 Å². The number of benzene rings is 1. The second-order valence-corrected chi connectivity index (χ2v) is 7.57. The third-order valence-corrected chi connectivity index (χ3v) is 4.94. The van der Waals surface area contributed by atoms with E-state index >= 15 is 0 Å². The number of rotatable bonds is 8. The van der Waals surface area contributed by atoms with Crippen LogP contribution in [-0.4, -0.2) is 36.1 Å². The lowest BCUT2D eigenvalue weighted by Crippen LogP contribution is -2.28. The number of anilines is 3. The van der Waals surface area contributed by atoms with Gasteiger partial charge in [-0.15, -0.1) is 11.3 Å². The van der Waals surface area contributed by atoms with Crippen LogP contribution < -0.4 is 20.7 Å². The van der Waals surface area contributed by atoms with Crippen molar-refractivity contribution in [2.24, 2.45) is 0 Å². The number of aryl methyl sites for hydroxylation is 1. The fourth-order valence-electron chi connectivity index (χ4n) is 2.41. The molecule has 0 radical (unpaired) electrons. The van der Waals surface area contributed by atoms with E-state index < -0.39 is 0 Å². The van der Waals surface area contributed by atoms with Crippen LogP contribution >= 0.6 is 22.9 Å². The number of hydrogen-bond donors (Lipinski definition) is 3. The Kier molecular flexibility index (Phi) is 6.67. The van der Waals surface area contributed by atoms with Crippen molar-refractivity contribution in [3.63, 3.8) is 0 Å². The monoisotopic (exact) mass is 417 g/mol. The molecule has 7 nitrogen and oxygen atoms in total. The summed E-state index contributed by atoms with van der Waals surface area (Å²) < 4.78 is 5.75. The van der Waals surface area contributed by atoms with E-state index in [1.54, 1.807) is 19.2 Å². The van der Waals surface area contributed by atoms with E-state index in [0.717, 1.165) is 17.1 Å². The maximum Gasteiger partial charge on any atom is 0.261 e. The Hall–Kier alpha value is -2.84. The molecule has 0 aliphatic heterocycles. The molecule has 0 atom stereocenters. The molecule has 146 valence electrons. The molecule has 0 saturated heterocycles. The Balaban J connectivity index is 1.53. The maximum absolute atomic E-state index is 12.0. The van der Waals surface area contributed by atoms with Crippen molar-refractivity contribution in [1.82, 2.24) is 15.3 Å². The van der Waals surface area contributed by atoms with Gasteiger partial charge in [-0.05, 0) is 43.3 Å². The van der Waals surface area contributed by atoms with E-state index in [-0.39, 0.29) is 5.91 Å². The van der Waals surface area contributed by atoms with Gasteiger partial charge in [0.1, 0.15) is 11.6 Å². The molecule has 0 spiro atoms. The van der Waals surface area contributed by atoms with Crippen molar-refractivity contribution in [2.75, 3.05) is 30.8 Å². The lowest BCUT2D eigenvalue weighted by molar-refractivity contribution is 0.0959. The van der Waals surface area contributed by atoms with E-state index in [9.17, 15) is 4.79 Å². The number of carbonyl (C=O) groups is 1. The highest BCUT2D eigenvalue weighted by Crippen LogP contribution is 2.21. The number of ether oxygens (including phenoxy) is 1. The molecule has 9 heteroatoms. The molecule has 3 aromatic rings. The van der Waals surface area contributed by atoms with Gasteiger partial charge in [-0.25, -0.2) is 4.98 Å². The van der Waals surface area contributed by atoms with Crippen molar-refractivity contribution in [3.8, 4) is 5.75 Å². The Labute approximate surface area is 172 Å². The van der Waals surface area contributed by atoms with Gasteiger partial charge in [0.25, 0.3) is 5.91 Å². The van der Waals surface area contributed by atoms with Crippen LogP contribution in [-0.2, 0) is 0 Å². The summed E-state index contributed by atoms with van der Waals surface area (Å²) in [5.74, 6) is 1.81. The first-order valence-corrected chi connectivity index (χ1v) is 9.77. The highest BCUT2D eigenvalue weighted by molar-refractivity contribution is 7.17. The average Bonchev–Trinajstić information content (AvgIpc) is 3.12. The van der Waals surface area contributed by atoms with Crippen LogP contribution in [0.4, 0.5) is 17.5 Å². The van der Waals surface area contributed by atoms with Crippen molar-refractivity contribution < 1.29 is 9.53 Å². The predicted molar refractivity (Wildman–Crippen MR) is 113 cm³/mol. The van der Waals surface area contributed by atoms with Crippen LogP contribution in [0.5, 0.6) is 5.75 Å². The quantitative estimate of drug-likeness (QED) is 0.478. The predicted octanol–water partition coefficient (Wildman–Crippen LogP) is 4.09. The summed E-state index contributed by atoms with van der Waals surface area (Å²) in [5.41, 5.74) is 1.72. The minimum absolute atomic E-state index is 0.147. The number of halogens is 1. The topological polar surface area (TPSA) is 88.2 Å². The molecule has 1 amide bonds. The zero-order chi connectivity index (χ0) is 19.9. The van der Waals surface area contributed by atoms with Crippen LogP contribution in [0.2, 0.25) is 4.34 Å². The Morgan fingerprint density at radius 1 is 1.14 bits per heavy atom. The average molecular weight is 418 g/mol. The van der Waals surface area contributed by atoms with Gasteiger partial charge in [-0.1, -0.05) is 11.6 Å². The summed E-state index contributed by atoms with van der Waals surface area (Å²) in [5, 5.41) is 9.19. The standard InChI is InChI=1S/C19H20ClN5O2S/c1-12-11-17(24-13-3-5-14(27-2)6-4-13)25-19(23-12)22-10-9-21-18(26)15-7-8-16(20)28-15/h3-8,11H,9-10H2,1-2H3,(H,21,26)(H2,22,23,24,25). The van der Waals surface area contributed by atoms with Gasteiger partial charge in [0, 0.05) is 30.5 Å². The maximum atomic E-state index is 12.0. The van der Waals surface area contributed by atoms with E-state index in [1.807, 2.05) is 37.3 Å². The number of nitrogens with one attached hydrogen (secondary N) is 3. The molecule has 2 aromatic heterocycles. The third kappa shape index (κ3) is 5.58. The molecular weight excluding hydrogens is 398 g/mol. The second-order valence-electron chi connectivity index (χ2n) is 5.86. The number of aromatic nitrogens is 2. The molecule has 0 saturated carbocycles. The van der Waals surface area contributed by atoms with Gasteiger partial charge < -0.3 is 20.7 Å². The molecule has 0 aliphatic carbocycles. The molecule has 0 bridgehead atoms. The number of carbonyl (C=O) groups excluding carboxylic acids is 1. The smallest absolute Gasteiger partial charge is 0.261 e. The molecule has 0 aliphatic rings. The molecule has 1 aromatic carbocycles. The number of methoxy groups -OCH3 is 1. The van der Waals surface area contributed by atoms with E-state index in [2.05, 4.69) is 25.9 Å². The van der Waals surface area contributed by atoms with Gasteiger partial charge in [0.2, 0.25) is 5.95 Å². The van der Waals surface area contributed by atoms with Crippen molar-refractivity contribution in [1.29, 1.82) is 0 Å². The Morgan fingerprint density at radius 2 is 1.93 bits per heavy atom.